The number of aryl methyl sites for hydroxylation is 3. The molecule has 2 aromatic rings. The zero-order chi connectivity index (χ0) is 12.4. The Morgan fingerprint density at radius 3 is 2.35 bits per heavy atom. The van der Waals surface area contributed by atoms with E-state index in [1.807, 2.05) is 7.05 Å². The molecule has 0 saturated heterocycles. The van der Waals surface area contributed by atoms with E-state index in [0.717, 1.165) is 0 Å². The quantitative estimate of drug-likeness (QED) is 0.862. The maximum absolute atomic E-state index is 3.42. The average molecular weight is 245 g/mol. The fraction of sp³-hybridized carbons (Fsp3) is 0.333. The lowest BCUT2D eigenvalue weighted by molar-refractivity contribution is 0.698. The number of rotatable bonds is 3. The Balaban J connectivity index is 2.48. The predicted octanol–water partition coefficient (Wildman–Crippen LogP) is 3.98. The number of nitrogens with one attached hydrogen (secondary N) is 1. The summed E-state index contributed by atoms with van der Waals surface area (Å²) >= 11 is 1.81. The van der Waals surface area contributed by atoms with Gasteiger partial charge in [-0.15, -0.1) is 11.3 Å². The normalized spacial score (nSPS) is 12.7. The lowest BCUT2D eigenvalue weighted by atomic mass is 9.95. The third kappa shape index (κ3) is 2.43. The van der Waals surface area contributed by atoms with Gasteiger partial charge in [0.2, 0.25) is 0 Å². The van der Waals surface area contributed by atoms with Gasteiger partial charge in [-0.2, -0.15) is 0 Å². The van der Waals surface area contributed by atoms with Crippen LogP contribution in [0.4, 0.5) is 0 Å². The minimum absolute atomic E-state index is 0.314. The summed E-state index contributed by atoms with van der Waals surface area (Å²) in [5.41, 5.74) is 5.48. The summed E-state index contributed by atoms with van der Waals surface area (Å²) in [6.07, 6.45) is 0. The highest BCUT2D eigenvalue weighted by molar-refractivity contribution is 7.10. The van der Waals surface area contributed by atoms with E-state index in [9.17, 15) is 0 Å². The molecule has 0 bridgehead atoms. The van der Waals surface area contributed by atoms with Crippen LogP contribution in [0.25, 0.3) is 0 Å². The maximum Gasteiger partial charge on any atom is 0.0671 e. The number of thiophene rings is 1. The summed E-state index contributed by atoms with van der Waals surface area (Å²) in [6.45, 7) is 6.55. The molecule has 0 amide bonds. The first kappa shape index (κ1) is 12.3. The number of hydrogen-bond acceptors (Lipinski definition) is 2. The standard InChI is InChI=1S/C15H19NS/c1-10-8-12(3)13(9-11(10)2)15(16-4)14-6-5-7-17-14/h5-9,15-16H,1-4H3. The second kappa shape index (κ2) is 5.03. The van der Waals surface area contributed by atoms with E-state index >= 15 is 0 Å². The Morgan fingerprint density at radius 1 is 1.06 bits per heavy atom. The van der Waals surface area contributed by atoms with E-state index in [1.165, 1.54) is 27.1 Å². The second-order valence-electron chi connectivity index (χ2n) is 4.53. The van der Waals surface area contributed by atoms with Crippen molar-refractivity contribution in [3.63, 3.8) is 0 Å². The molecule has 1 aromatic heterocycles. The molecule has 1 N–H and O–H groups in total. The smallest absolute Gasteiger partial charge is 0.0671 e. The van der Waals surface area contributed by atoms with Crippen molar-refractivity contribution in [1.82, 2.24) is 5.32 Å². The van der Waals surface area contributed by atoms with Crippen LogP contribution in [0.1, 0.15) is 33.2 Å². The molecule has 17 heavy (non-hydrogen) atoms. The van der Waals surface area contributed by atoms with Crippen molar-refractivity contribution >= 4 is 11.3 Å². The van der Waals surface area contributed by atoms with Gasteiger partial charge in [0.15, 0.2) is 0 Å². The van der Waals surface area contributed by atoms with E-state index in [4.69, 9.17) is 0 Å². The molecule has 0 fully saturated rings. The Labute approximate surface area is 108 Å². The van der Waals surface area contributed by atoms with Crippen molar-refractivity contribution in [3.8, 4) is 0 Å². The van der Waals surface area contributed by atoms with E-state index < -0.39 is 0 Å². The summed E-state index contributed by atoms with van der Waals surface area (Å²) in [6, 6.07) is 9.21. The molecule has 0 spiro atoms. The van der Waals surface area contributed by atoms with Crippen LogP contribution in [-0.2, 0) is 0 Å². The molecule has 0 aliphatic carbocycles. The Bertz CT molecular complexity index is 500. The van der Waals surface area contributed by atoms with Crippen LogP contribution in [0.5, 0.6) is 0 Å². The molecule has 90 valence electrons. The van der Waals surface area contributed by atoms with Gasteiger partial charge in [-0.1, -0.05) is 18.2 Å². The van der Waals surface area contributed by atoms with E-state index in [1.54, 1.807) is 11.3 Å². The number of benzene rings is 1. The van der Waals surface area contributed by atoms with Crippen molar-refractivity contribution in [1.29, 1.82) is 0 Å². The molecule has 2 rings (SSSR count). The van der Waals surface area contributed by atoms with Crippen LogP contribution in [0.15, 0.2) is 29.6 Å². The fourth-order valence-electron chi connectivity index (χ4n) is 2.20. The van der Waals surface area contributed by atoms with Crippen LogP contribution in [0, 0.1) is 20.8 Å². The Hall–Kier alpha value is -1.12. The van der Waals surface area contributed by atoms with Crippen molar-refractivity contribution in [2.75, 3.05) is 7.05 Å². The van der Waals surface area contributed by atoms with Gasteiger partial charge in [-0.3, -0.25) is 0 Å². The molecule has 0 aliphatic rings. The van der Waals surface area contributed by atoms with E-state index in [0.29, 0.717) is 6.04 Å². The van der Waals surface area contributed by atoms with Gasteiger partial charge in [0.1, 0.15) is 0 Å². The summed E-state index contributed by atoms with van der Waals surface area (Å²) in [4.78, 5) is 1.37. The van der Waals surface area contributed by atoms with E-state index in [-0.39, 0.29) is 0 Å². The van der Waals surface area contributed by atoms with Gasteiger partial charge in [-0.05, 0) is 61.5 Å². The molecule has 0 aliphatic heterocycles. The minimum Gasteiger partial charge on any atom is -0.309 e. The first-order valence-corrected chi connectivity index (χ1v) is 6.80. The van der Waals surface area contributed by atoms with Crippen molar-refractivity contribution < 1.29 is 0 Å². The topological polar surface area (TPSA) is 12.0 Å². The fourth-order valence-corrected chi connectivity index (χ4v) is 3.05. The van der Waals surface area contributed by atoms with Crippen LogP contribution >= 0.6 is 11.3 Å². The summed E-state index contributed by atoms with van der Waals surface area (Å²) < 4.78 is 0. The molecule has 1 heterocycles. The highest BCUT2D eigenvalue weighted by Gasteiger charge is 2.15. The maximum atomic E-state index is 3.42. The summed E-state index contributed by atoms with van der Waals surface area (Å²) in [7, 11) is 2.03. The molecule has 1 unspecified atom stereocenters. The molecule has 2 heteroatoms. The van der Waals surface area contributed by atoms with E-state index in [2.05, 4.69) is 55.7 Å². The molecular weight excluding hydrogens is 226 g/mol. The highest BCUT2D eigenvalue weighted by atomic mass is 32.1. The van der Waals surface area contributed by atoms with Gasteiger partial charge in [0.25, 0.3) is 0 Å². The van der Waals surface area contributed by atoms with Crippen molar-refractivity contribution in [2.24, 2.45) is 0 Å². The monoisotopic (exact) mass is 245 g/mol. The van der Waals surface area contributed by atoms with Crippen LogP contribution in [0.3, 0.4) is 0 Å². The van der Waals surface area contributed by atoms with Gasteiger partial charge >= 0.3 is 0 Å². The van der Waals surface area contributed by atoms with Gasteiger partial charge in [-0.25, -0.2) is 0 Å². The zero-order valence-corrected chi connectivity index (χ0v) is 11.7. The number of hydrogen-bond donors (Lipinski definition) is 1. The average Bonchev–Trinajstić information content (AvgIpc) is 2.80. The van der Waals surface area contributed by atoms with Gasteiger partial charge in [0.05, 0.1) is 6.04 Å². The Morgan fingerprint density at radius 2 is 1.76 bits per heavy atom. The first-order valence-electron chi connectivity index (χ1n) is 5.92. The summed E-state index contributed by atoms with van der Waals surface area (Å²) in [5, 5.41) is 5.55. The molecular formula is C15H19NS. The van der Waals surface area contributed by atoms with Crippen molar-refractivity contribution in [2.45, 2.75) is 26.8 Å². The third-order valence-electron chi connectivity index (χ3n) is 3.31. The van der Waals surface area contributed by atoms with Crippen LogP contribution < -0.4 is 5.32 Å². The molecule has 0 radical (unpaired) electrons. The van der Waals surface area contributed by atoms with Crippen LogP contribution in [0.2, 0.25) is 0 Å². The molecule has 1 atom stereocenters. The first-order chi connectivity index (χ1) is 8.13. The SMILES string of the molecule is CNC(c1cccs1)c1cc(C)c(C)cc1C. The highest BCUT2D eigenvalue weighted by Crippen LogP contribution is 2.29. The Kier molecular flexibility index (Phi) is 3.65. The van der Waals surface area contributed by atoms with Gasteiger partial charge < -0.3 is 5.32 Å². The minimum atomic E-state index is 0.314. The van der Waals surface area contributed by atoms with Crippen molar-refractivity contribution in [3.05, 3.63) is 56.8 Å². The summed E-state index contributed by atoms with van der Waals surface area (Å²) in [5.74, 6) is 0. The molecule has 0 saturated carbocycles. The molecule has 1 aromatic carbocycles. The third-order valence-corrected chi connectivity index (χ3v) is 4.25. The predicted molar refractivity (Wildman–Crippen MR) is 75.9 cm³/mol. The lowest BCUT2D eigenvalue weighted by Gasteiger charge is -2.19. The van der Waals surface area contributed by atoms with Gasteiger partial charge in [0, 0.05) is 4.88 Å². The molecule has 1 nitrogen and oxygen atoms in total. The largest absolute Gasteiger partial charge is 0.309 e. The second-order valence-corrected chi connectivity index (χ2v) is 5.51. The lowest BCUT2D eigenvalue weighted by Crippen LogP contribution is -2.17. The zero-order valence-electron chi connectivity index (χ0n) is 10.9. The van der Waals surface area contributed by atoms with Crippen LogP contribution in [-0.4, -0.2) is 7.05 Å².